The number of carbonyl (C=O) groups excluding carboxylic acids is 1. The summed E-state index contributed by atoms with van der Waals surface area (Å²) in [7, 11) is -1.13. The molecular formula is C40H39N5O6S. The van der Waals surface area contributed by atoms with Gasteiger partial charge in [-0.1, -0.05) is 12.1 Å². The first-order valence-corrected chi connectivity index (χ1v) is 18.6. The fourth-order valence-electron chi connectivity index (χ4n) is 6.80. The number of hydrogen-bond acceptors (Lipinski definition) is 9. The van der Waals surface area contributed by atoms with Gasteiger partial charge in [0.1, 0.15) is 17.1 Å². The topological polar surface area (TPSA) is 141 Å². The lowest BCUT2D eigenvalue weighted by Crippen LogP contribution is -2.46. The maximum absolute atomic E-state index is 13.7. The summed E-state index contributed by atoms with van der Waals surface area (Å²) in [5, 5.41) is 11.1. The molecule has 3 heterocycles. The summed E-state index contributed by atoms with van der Waals surface area (Å²) in [4.78, 5) is 21.7. The first-order valence-electron chi connectivity index (χ1n) is 17.2. The number of H-pyrrole nitrogens is 1. The number of furan rings is 1. The highest BCUT2D eigenvalue weighted by molar-refractivity contribution is 7.90. The second-order valence-corrected chi connectivity index (χ2v) is 14.5. The molecule has 1 aliphatic heterocycles. The number of aromatic amines is 1. The van der Waals surface area contributed by atoms with Gasteiger partial charge in [-0.05, 0) is 110 Å². The Bertz CT molecular complexity index is 2370. The first-order chi connectivity index (χ1) is 25.3. The number of nitriles is 1. The van der Waals surface area contributed by atoms with Crippen LogP contribution >= 0.6 is 0 Å². The number of piperazine rings is 1. The molecule has 52 heavy (non-hydrogen) atoms. The van der Waals surface area contributed by atoms with E-state index in [-0.39, 0.29) is 10.7 Å². The van der Waals surface area contributed by atoms with Gasteiger partial charge in [0.15, 0.2) is 0 Å². The number of fused-ring (bicyclic) bond motifs is 2. The normalized spacial score (nSPS) is 13.7. The molecule has 0 bridgehead atoms. The van der Waals surface area contributed by atoms with Crippen molar-refractivity contribution in [3.63, 3.8) is 0 Å². The number of sulfonamides is 1. The van der Waals surface area contributed by atoms with Gasteiger partial charge in [0.2, 0.25) is 5.76 Å². The van der Waals surface area contributed by atoms with E-state index in [2.05, 4.69) is 31.8 Å². The van der Waals surface area contributed by atoms with E-state index in [1.165, 1.54) is 36.9 Å². The summed E-state index contributed by atoms with van der Waals surface area (Å²) in [6.07, 6.45) is 5.16. The molecule has 7 rings (SSSR count). The van der Waals surface area contributed by atoms with E-state index in [9.17, 15) is 18.5 Å². The lowest BCUT2D eigenvalue weighted by atomic mass is 10.0. The smallest absolute Gasteiger partial charge is 0.301 e. The number of ether oxygens (including phenoxy) is 2. The molecule has 2 aromatic heterocycles. The number of unbranched alkanes of at least 4 members (excludes halogenated alkanes) is 1. The molecule has 0 atom stereocenters. The number of anilines is 1. The van der Waals surface area contributed by atoms with E-state index in [0.717, 1.165) is 68.6 Å². The maximum atomic E-state index is 13.7. The zero-order valence-electron chi connectivity index (χ0n) is 29.0. The van der Waals surface area contributed by atoms with Crippen LogP contribution in [0, 0.1) is 11.3 Å². The van der Waals surface area contributed by atoms with Crippen LogP contribution in [0.4, 0.5) is 5.69 Å². The van der Waals surface area contributed by atoms with Crippen molar-refractivity contribution in [1.82, 2.24) is 14.6 Å². The van der Waals surface area contributed by atoms with Crippen molar-refractivity contribution in [1.29, 1.82) is 5.26 Å². The fourth-order valence-corrected chi connectivity index (χ4v) is 7.75. The van der Waals surface area contributed by atoms with E-state index in [0.29, 0.717) is 39.2 Å². The predicted octanol–water partition coefficient (Wildman–Crippen LogP) is 6.73. The maximum Gasteiger partial charge on any atom is 0.301 e. The molecule has 0 unspecified atom stereocenters. The van der Waals surface area contributed by atoms with E-state index in [1.54, 1.807) is 19.2 Å². The van der Waals surface area contributed by atoms with Crippen LogP contribution in [-0.4, -0.2) is 71.2 Å². The van der Waals surface area contributed by atoms with Crippen molar-refractivity contribution in [2.24, 2.45) is 0 Å². The lowest BCUT2D eigenvalue weighted by Gasteiger charge is -2.36. The molecule has 0 spiro atoms. The van der Waals surface area contributed by atoms with Crippen LogP contribution < -0.4 is 19.1 Å². The van der Waals surface area contributed by atoms with Gasteiger partial charge in [-0.15, -0.1) is 0 Å². The highest BCUT2D eigenvalue weighted by Crippen LogP contribution is 2.38. The number of aromatic nitrogens is 1. The predicted molar refractivity (Wildman–Crippen MR) is 200 cm³/mol. The molecule has 6 aromatic rings. The third-order valence-electron chi connectivity index (χ3n) is 9.66. The van der Waals surface area contributed by atoms with Gasteiger partial charge >= 0.3 is 5.91 Å². The van der Waals surface area contributed by atoms with Gasteiger partial charge in [-0.25, -0.2) is 13.1 Å². The van der Waals surface area contributed by atoms with Crippen molar-refractivity contribution in [2.75, 3.05) is 51.8 Å². The number of hydrogen-bond donors (Lipinski definition) is 2. The third kappa shape index (κ3) is 7.19. The Balaban J connectivity index is 1.05. The molecule has 1 saturated heterocycles. The van der Waals surface area contributed by atoms with E-state index in [1.807, 2.05) is 48.5 Å². The lowest BCUT2D eigenvalue weighted by molar-refractivity contribution is 0.0957. The summed E-state index contributed by atoms with van der Waals surface area (Å²) < 4.78 is 45.2. The Hall–Kier alpha value is -5.77. The van der Waals surface area contributed by atoms with Crippen LogP contribution in [0.3, 0.4) is 0 Å². The van der Waals surface area contributed by atoms with Crippen LogP contribution in [0.5, 0.6) is 11.5 Å². The van der Waals surface area contributed by atoms with Crippen molar-refractivity contribution in [3.8, 4) is 28.7 Å². The molecule has 1 amide bonds. The highest BCUT2D eigenvalue weighted by Gasteiger charge is 2.28. The summed E-state index contributed by atoms with van der Waals surface area (Å²) in [5.41, 5.74) is 5.64. The standard InChI is InChI=1S/C40H39N5O6S/c1-49-31-10-7-28(8-11-31)38-35-24-30(9-17-37(35)51-39(38)40(46)43-52(47,48)33-14-12-32(50-2)13-15-33)45-21-19-44(20-22-45)18-4-3-5-29-26-42-36-16-6-27(25-41)23-34(29)36/h6-17,23-24,26,42H,3-5,18-22H2,1-2H3,(H,43,46). The van der Waals surface area contributed by atoms with Crippen molar-refractivity contribution in [2.45, 2.75) is 24.2 Å². The number of methoxy groups -OCH3 is 2. The van der Waals surface area contributed by atoms with Gasteiger partial charge in [0, 0.05) is 59.9 Å². The summed E-state index contributed by atoms with van der Waals surface area (Å²) >= 11 is 0. The highest BCUT2D eigenvalue weighted by atomic mass is 32.2. The molecule has 11 nitrogen and oxygen atoms in total. The third-order valence-corrected chi connectivity index (χ3v) is 11.0. The number of nitrogens with zero attached hydrogens (tertiary/aromatic N) is 3. The van der Waals surface area contributed by atoms with E-state index < -0.39 is 15.9 Å². The second kappa shape index (κ2) is 14.8. The molecule has 0 saturated carbocycles. The van der Waals surface area contributed by atoms with Crippen LogP contribution in [0.2, 0.25) is 0 Å². The summed E-state index contributed by atoms with van der Waals surface area (Å²) in [5.74, 6) is 0.175. The largest absolute Gasteiger partial charge is 0.497 e. The number of benzene rings is 4. The molecule has 4 aromatic carbocycles. The second-order valence-electron chi connectivity index (χ2n) is 12.8. The van der Waals surface area contributed by atoms with Crippen molar-refractivity contribution in [3.05, 3.63) is 108 Å². The van der Waals surface area contributed by atoms with Gasteiger partial charge in [-0.3, -0.25) is 9.69 Å². The Morgan fingerprint density at radius 1 is 0.885 bits per heavy atom. The van der Waals surface area contributed by atoms with Gasteiger partial charge in [0.05, 0.1) is 30.7 Å². The number of carbonyl (C=O) groups is 1. The van der Waals surface area contributed by atoms with Crippen molar-refractivity contribution < 1.29 is 27.1 Å². The Morgan fingerprint density at radius 3 is 2.29 bits per heavy atom. The Labute approximate surface area is 302 Å². The minimum Gasteiger partial charge on any atom is -0.497 e. The van der Waals surface area contributed by atoms with Crippen LogP contribution in [0.25, 0.3) is 33.0 Å². The molecule has 1 aliphatic rings. The molecule has 12 heteroatoms. The number of amides is 1. The summed E-state index contributed by atoms with van der Waals surface area (Å²) in [6, 6.07) is 26.9. The van der Waals surface area contributed by atoms with Gasteiger partial charge in [0.25, 0.3) is 10.0 Å². The molecule has 2 N–H and O–H groups in total. The molecule has 266 valence electrons. The molecule has 1 fully saturated rings. The Kier molecular flexibility index (Phi) is 9.89. The first kappa shape index (κ1) is 34.7. The monoisotopic (exact) mass is 717 g/mol. The molecular weight excluding hydrogens is 679 g/mol. The molecule has 0 radical (unpaired) electrons. The van der Waals surface area contributed by atoms with Gasteiger partial charge in [-0.2, -0.15) is 5.26 Å². The minimum absolute atomic E-state index is 0.0745. The number of aryl methyl sites for hydroxylation is 1. The summed E-state index contributed by atoms with van der Waals surface area (Å²) in [6.45, 7) is 4.54. The number of rotatable bonds is 12. The van der Waals surface area contributed by atoms with Gasteiger partial charge < -0.3 is 23.8 Å². The van der Waals surface area contributed by atoms with E-state index >= 15 is 0 Å². The average molecular weight is 718 g/mol. The quantitative estimate of drug-likeness (QED) is 0.132. The SMILES string of the molecule is COc1ccc(-c2c(C(=O)NS(=O)(=O)c3ccc(OC)cc3)oc3ccc(N4CCN(CCCCc5c[nH]c6ccc(C#N)cc56)CC4)cc23)cc1. The van der Waals surface area contributed by atoms with E-state index in [4.69, 9.17) is 13.9 Å². The van der Waals surface area contributed by atoms with Crippen LogP contribution in [0.1, 0.15) is 34.5 Å². The number of nitrogens with one attached hydrogen (secondary N) is 2. The minimum atomic E-state index is -4.20. The van der Waals surface area contributed by atoms with Crippen LogP contribution in [-0.2, 0) is 16.4 Å². The van der Waals surface area contributed by atoms with Crippen molar-refractivity contribution >= 4 is 43.5 Å². The zero-order chi connectivity index (χ0) is 36.2. The fraction of sp³-hybridized carbons (Fsp3) is 0.250. The molecule has 0 aliphatic carbocycles. The van der Waals surface area contributed by atoms with Crippen LogP contribution in [0.15, 0.2) is 100 Å². The Morgan fingerprint density at radius 2 is 1.60 bits per heavy atom. The average Bonchev–Trinajstić information content (AvgIpc) is 3.77. The zero-order valence-corrected chi connectivity index (χ0v) is 29.8.